The van der Waals surface area contributed by atoms with Gasteiger partial charge in [-0.3, -0.25) is 13.8 Å². The maximum absolute atomic E-state index is 12.2. The highest BCUT2D eigenvalue weighted by Gasteiger charge is 2.31. The quantitative estimate of drug-likeness (QED) is 0.205. The molecule has 0 amide bonds. The number of quaternary nitrogens is 1. The van der Waals surface area contributed by atoms with E-state index >= 15 is 0 Å². The molecule has 2 N–H and O–H groups in total. The number of hydrogen-bond acceptors (Lipinski definition) is 6. The predicted octanol–water partition coefficient (Wildman–Crippen LogP) is 3.71. The topological polar surface area (TPSA) is 112 Å². The van der Waals surface area contributed by atoms with Crippen LogP contribution >= 0.6 is 7.82 Å². The van der Waals surface area contributed by atoms with E-state index in [1.165, 1.54) is 0 Å². The van der Waals surface area contributed by atoms with Crippen LogP contribution in [0.1, 0.15) is 39.0 Å². The first-order valence-electron chi connectivity index (χ1n) is 10.5. The van der Waals surface area contributed by atoms with Gasteiger partial charge in [-0.2, -0.15) is 0 Å². The van der Waals surface area contributed by atoms with Crippen molar-refractivity contribution in [3.05, 3.63) is 24.3 Å². The van der Waals surface area contributed by atoms with Crippen molar-refractivity contribution in [1.82, 2.24) is 0 Å². The Kier molecular flexibility index (Phi) is 12.1. The number of aliphatic carboxylic acids is 1. The summed E-state index contributed by atoms with van der Waals surface area (Å²) >= 11 is 0. The second kappa shape index (κ2) is 13.7. The first-order chi connectivity index (χ1) is 14.5. The largest absolute Gasteiger partial charge is 0.493 e. The van der Waals surface area contributed by atoms with Gasteiger partial charge in [-0.15, -0.1) is 0 Å². The van der Waals surface area contributed by atoms with E-state index in [1.807, 2.05) is 33.3 Å². The lowest BCUT2D eigenvalue weighted by atomic mass is 10.2. The maximum atomic E-state index is 12.2. The number of benzene rings is 1. The van der Waals surface area contributed by atoms with Gasteiger partial charge in [-0.1, -0.05) is 25.8 Å². The van der Waals surface area contributed by atoms with E-state index < -0.39 is 19.9 Å². The Labute approximate surface area is 185 Å². The standard InChI is InChI=1S/C21H36NO8P/c1-5-6-7-12-27-18-10-8-11-19(15-18)28-13-9-14-29-31(25,26)30-20(16-21(23)24)17-22(2,3)4/h8,10-11,15,20H,5-7,9,12-14,16-17H2,1-4H3,(H-,23,24,25,26)/p+1. The maximum Gasteiger partial charge on any atom is 0.472 e. The van der Waals surface area contributed by atoms with E-state index in [9.17, 15) is 14.3 Å². The van der Waals surface area contributed by atoms with E-state index in [0.29, 0.717) is 23.3 Å². The minimum absolute atomic E-state index is 0.0643. The average Bonchev–Trinajstić information content (AvgIpc) is 2.63. The molecule has 0 saturated carbocycles. The van der Waals surface area contributed by atoms with Crippen molar-refractivity contribution in [2.45, 2.75) is 45.1 Å². The van der Waals surface area contributed by atoms with Crippen LogP contribution in [0.5, 0.6) is 11.5 Å². The molecule has 1 rings (SSSR count). The van der Waals surface area contributed by atoms with Crippen molar-refractivity contribution in [3.8, 4) is 11.5 Å². The molecule has 0 aliphatic heterocycles. The summed E-state index contributed by atoms with van der Waals surface area (Å²) in [6, 6.07) is 7.31. The first kappa shape index (κ1) is 27.4. The summed E-state index contributed by atoms with van der Waals surface area (Å²) < 4.78 is 33.9. The minimum Gasteiger partial charge on any atom is -0.493 e. The average molecular weight is 463 g/mol. The van der Waals surface area contributed by atoms with Gasteiger partial charge in [-0.25, -0.2) is 4.57 Å². The summed E-state index contributed by atoms with van der Waals surface area (Å²) in [5, 5.41) is 9.00. The number of ether oxygens (including phenoxy) is 2. The van der Waals surface area contributed by atoms with E-state index in [-0.39, 0.29) is 26.2 Å². The summed E-state index contributed by atoms with van der Waals surface area (Å²) in [5.74, 6) is 0.268. The van der Waals surface area contributed by atoms with Crippen LogP contribution in [0, 0.1) is 0 Å². The van der Waals surface area contributed by atoms with E-state index in [4.69, 9.17) is 23.6 Å². The fraction of sp³-hybridized carbons (Fsp3) is 0.667. The van der Waals surface area contributed by atoms with Crippen LogP contribution in [0.4, 0.5) is 0 Å². The molecule has 0 aromatic heterocycles. The fourth-order valence-electron chi connectivity index (χ4n) is 2.78. The summed E-state index contributed by atoms with van der Waals surface area (Å²) in [7, 11) is 1.13. The van der Waals surface area contributed by atoms with Crippen LogP contribution in [-0.2, 0) is 18.4 Å². The van der Waals surface area contributed by atoms with Gasteiger partial charge in [0.2, 0.25) is 0 Å². The number of likely N-dealkylation sites (N-methyl/N-ethyl adjacent to an activating group) is 1. The SMILES string of the molecule is CCCCCOc1cccc(OCCCOP(=O)(O)OC(CC(=O)O)C[N+](C)(C)C)c1. The molecule has 0 aliphatic rings. The molecule has 0 heterocycles. The molecule has 9 nitrogen and oxygen atoms in total. The summed E-state index contributed by atoms with van der Waals surface area (Å²) in [6.07, 6.45) is 2.30. The smallest absolute Gasteiger partial charge is 0.472 e. The monoisotopic (exact) mass is 462 g/mol. The zero-order valence-electron chi connectivity index (χ0n) is 19.0. The van der Waals surface area contributed by atoms with E-state index in [2.05, 4.69) is 6.92 Å². The Bertz CT molecular complexity index is 707. The molecule has 2 unspecified atom stereocenters. The van der Waals surface area contributed by atoms with Gasteiger partial charge in [0.25, 0.3) is 0 Å². The number of nitrogens with zero attached hydrogens (tertiary/aromatic N) is 1. The lowest BCUT2D eigenvalue weighted by Crippen LogP contribution is -2.42. The van der Waals surface area contributed by atoms with Crippen molar-refractivity contribution in [2.75, 3.05) is 47.5 Å². The number of phosphoric ester groups is 1. The number of carbonyl (C=O) groups is 1. The number of unbranched alkanes of at least 4 members (excludes halogenated alkanes) is 2. The Morgan fingerprint density at radius 1 is 1.06 bits per heavy atom. The van der Waals surface area contributed by atoms with E-state index in [1.54, 1.807) is 12.1 Å². The van der Waals surface area contributed by atoms with Crippen LogP contribution < -0.4 is 9.47 Å². The molecule has 0 fully saturated rings. The predicted molar refractivity (Wildman–Crippen MR) is 117 cm³/mol. The van der Waals surface area contributed by atoms with Crippen molar-refractivity contribution < 1.29 is 42.4 Å². The zero-order chi connectivity index (χ0) is 23.3. The van der Waals surface area contributed by atoms with Crippen LogP contribution in [0.25, 0.3) is 0 Å². The number of hydrogen-bond donors (Lipinski definition) is 2. The molecule has 1 aromatic carbocycles. The van der Waals surface area contributed by atoms with E-state index in [0.717, 1.165) is 25.0 Å². The molecular weight excluding hydrogens is 425 g/mol. The van der Waals surface area contributed by atoms with Crippen molar-refractivity contribution >= 4 is 13.8 Å². The molecule has 0 saturated heterocycles. The molecule has 10 heteroatoms. The first-order valence-corrected chi connectivity index (χ1v) is 12.0. The Morgan fingerprint density at radius 2 is 1.68 bits per heavy atom. The molecule has 178 valence electrons. The lowest BCUT2D eigenvalue weighted by Gasteiger charge is -2.29. The number of rotatable bonds is 17. The van der Waals surface area contributed by atoms with Crippen LogP contribution in [0.3, 0.4) is 0 Å². The number of carboxylic acid groups (broad SMARTS) is 1. The van der Waals surface area contributed by atoms with Gasteiger partial charge in [0.05, 0.1) is 47.4 Å². The van der Waals surface area contributed by atoms with Crippen molar-refractivity contribution in [2.24, 2.45) is 0 Å². The van der Waals surface area contributed by atoms with Crippen LogP contribution in [0.15, 0.2) is 24.3 Å². The fourth-order valence-corrected chi connectivity index (χ4v) is 3.72. The third kappa shape index (κ3) is 14.1. The molecule has 31 heavy (non-hydrogen) atoms. The second-order valence-electron chi connectivity index (χ2n) is 8.33. The molecule has 2 atom stereocenters. The molecular formula is C21H37NO8P+. The van der Waals surface area contributed by atoms with Gasteiger partial charge < -0.3 is 24.0 Å². The molecule has 1 aromatic rings. The highest BCUT2D eigenvalue weighted by Crippen LogP contribution is 2.45. The third-order valence-electron chi connectivity index (χ3n) is 4.07. The summed E-state index contributed by atoms with van der Waals surface area (Å²) in [5.41, 5.74) is 0. The van der Waals surface area contributed by atoms with Crippen LogP contribution in [-0.4, -0.2) is 74.1 Å². The highest BCUT2D eigenvalue weighted by molar-refractivity contribution is 7.47. The van der Waals surface area contributed by atoms with Gasteiger partial charge in [0.15, 0.2) is 0 Å². The van der Waals surface area contributed by atoms with Crippen LogP contribution in [0.2, 0.25) is 0 Å². The van der Waals surface area contributed by atoms with Gasteiger partial charge in [-0.05, 0) is 18.6 Å². The van der Waals surface area contributed by atoms with Crippen molar-refractivity contribution in [3.63, 3.8) is 0 Å². The molecule has 0 bridgehead atoms. The van der Waals surface area contributed by atoms with Gasteiger partial charge >= 0.3 is 13.8 Å². The number of carboxylic acids is 1. The van der Waals surface area contributed by atoms with Crippen molar-refractivity contribution in [1.29, 1.82) is 0 Å². The minimum atomic E-state index is -4.38. The summed E-state index contributed by atoms with van der Waals surface area (Å²) in [6.45, 7) is 3.26. The zero-order valence-corrected chi connectivity index (χ0v) is 19.9. The second-order valence-corrected chi connectivity index (χ2v) is 9.74. The molecule has 0 aliphatic carbocycles. The summed E-state index contributed by atoms with van der Waals surface area (Å²) in [4.78, 5) is 20.9. The van der Waals surface area contributed by atoms with Gasteiger partial charge in [0.1, 0.15) is 24.1 Å². The Hall–Kier alpha value is -1.64. The molecule has 0 spiro atoms. The normalized spacial score (nSPS) is 14.6. The lowest BCUT2D eigenvalue weighted by molar-refractivity contribution is -0.873. The third-order valence-corrected chi connectivity index (χ3v) is 5.14. The Balaban J connectivity index is 2.38. The Morgan fingerprint density at radius 3 is 2.23 bits per heavy atom. The highest BCUT2D eigenvalue weighted by atomic mass is 31.2. The van der Waals surface area contributed by atoms with Gasteiger partial charge in [0, 0.05) is 12.5 Å². The molecule has 0 radical (unpaired) electrons. The number of phosphoric acid groups is 1.